The maximum atomic E-state index is 13.5. The van der Waals surface area contributed by atoms with Gasteiger partial charge >= 0.3 is 0 Å². The van der Waals surface area contributed by atoms with E-state index in [4.69, 9.17) is 0 Å². The van der Waals surface area contributed by atoms with Crippen molar-refractivity contribution in [3.8, 4) is 0 Å². The lowest BCUT2D eigenvalue weighted by Crippen LogP contribution is -2.08. The van der Waals surface area contributed by atoms with E-state index >= 15 is 0 Å². The van der Waals surface area contributed by atoms with Gasteiger partial charge in [-0.1, -0.05) is 28.1 Å². The van der Waals surface area contributed by atoms with E-state index in [0.29, 0.717) is 16.4 Å². The van der Waals surface area contributed by atoms with Crippen molar-refractivity contribution in [2.45, 2.75) is 12.3 Å². The van der Waals surface area contributed by atoms with Gasteiger partial charge in [0.1, 0.15) is 11.3 Å². The SMILES string of the molecule is CC(=O)n1nc(CBr)c2cccc(F)c21. The van der Waals surface area contributed by atoms with E-state index in [0.717, 1.165) is 4.68 Å². The van der Waals surface area contributed by atoms with Gasteiger partial charge in [-0.15, -0.1) is 0 Å². The quantitative estimate of drug-likeness (QED) is 0.747. The molecular weight excluding hydrogens is 263 g/mol. The third-order valence-corrected chi connectivity index (χ3v) is 2.69. The maximum absolute atomic E-state index is 13.5. The van der Waals surface area contributed by atoms with Crippen LogP contribution in [0.15, 0.2) is 18.2 Å². The molecular formula is C10H8BrFN2O. The topological polar surface area (TPSA) is 34.9 Å². The first-order chi connectivity index (χ1) is 7.15. The Morgan fingerprint density at radius 3 is 2.93 bits per heavy atom. The molecule has 0 fully saturated rings. The zero-order valence-corrected chi connectivity index (χ0v) is 9.58. The van der Waals surface area contributed by atoms with Gasteiger partial charge in [-0.3, -0.25) is 4.79 Å². The maximum Gasteiger partial charge on any atom is 0.244 e. The lowest BCUT2D eigenvalue weighted by molar-refractivity contribution is 0.0925. The van der Waals surface area contributed by atoms with Gasteiger partial charge in [0, 0.05) is 17.6 Å². The van der Waals surface area contributed by atoms with Gasteiger partial charge in [0.15, 0.2) is 0 Å². The summed E-state index contributed by atoms with van der Waals surface area (Å²) >= 11 is 3.26. The second-order valence-electron chi connectivity index (χ2n) is 3.15. The second kappa shape index (κ2) is 3.73. The molecule has 1 aromatic carbocycles. The van der Waals surface area contributed by atoms with E-state index in [1.165, 1.54) is 13.0 Å². The summed E-state index contributed by atoms with van der Waals surface area (Å²) in [6.07, 6.45) is 0. The van der Waals surface area contributed by atoms with Crippen LogP contribution in [0.3, 0.4) is 0 Å². The fourth-order valence-corrected chi connectivity index (χ4v) is 1.93. The molecule has 0 saturated heterocycles. The summed E-state index contributed by atoms with van der Waals surface area (Å²) in [4.78, 5) is 11.3. The van der Waals surface area contributed by atoms with Crippen LogP contribution in [0.25, 0.3) is 10.9 Å². The van der Waals surface area contributed by atoms with Crippen LogP contribution in [0.2, 0.25) is 0 Å². The van der Waals surface area contributed by atoms with E-state index in [9.17, 15) is 9.18 Å². The molecule has 0 unspecified atom stereocenters. The molecule has 15 heavy (non-hydrogen) atoms. The van der Waals surface area contributed by atoms with Crippen molar-refractivity contribution in [1.82, 2.24) is 9.78 Å². The molecule has 0 bridgehead atoms. The first kappa shape index (κ1) is 10.3. The Morgan fingerprint density at radius 2 is 2.33 bits per heavy atom. The number of carbonyl (C=O) groups is 1. The molecule has 78 valence electrons. The number of benzene rings is 1. The number of hydrogen-bond acceptors (Lipinski definition) is 2. The van der Waals surface area contributed by atoms with Crippen molar-refractivity contribution in [2.75, 3.05) is 0 Å². The summed E-state index contributed by atoms with van der Waals surface area (Å²) in [6.45, 7) is 1.36. The Balaban J connectivity index is 2.88. The van der Waals surface area contributed by atoms with E-state index in [1.54, 1.807) is 12.1 Å². The van der Waals surface area contributed by atoms with Crippen LogP contribution in [-0.2, 0) is 5.33 Å². The van der Waals surface area contributed by atoms with Gasteiger partial charge in [0.05, 0.1) is 5.69 Å². The van der Waals surface area contributed by atoms with E-state index in [1.807, 2.05) is 0 Å². The Hall–Kier alpha value is -1.23. The number of carbonyl (C=O) groups excluding carboxylic acids is 1. The number of nitrogens with zero attached hydrogens (tertiary/aromatic N) is 2. The minimum atomic E-state index is -0.428. The van der Waals surface area contributed by atoms with Gasteiger partial charge in [-0.2, -0.15) is 9.78 Å². The number of rotatable bonds is 1. The van der Waals surface area contributed by atoms with Gasteiger partial charge in [-0.05, 0) is 6.07 Å². The average Bonchev–Trinajstić information content (AvgIpc) is 2.58. The largest absolute Gasteiger partial charge is 0.273 e. The van der Waals surface area contributed by atoms with Gasteiger partial charge < -0.3 is 0 Å². The minimum Gasteiger partial charge on any atom is -0.273 e. The van der Waals surface area contributed by atoms with Crippen molar-refractivity contribution in [3.63, 3.8) is 0 Å². The Kier molecular flexibility index (Phi) is 2.56. The highest BCUT2D eigenvalue weighted by atomic mass is 79.9. The summed E-state index contributed by atoms with van der Waals surface area (Å²) in [7, 11) is 0. The molecule has 0 radical (unpaired) electrons. The molecule has 2 aromatic rings. The predicted molar refractivity (Wildman–Crippen MR) is 58.6 cm³/mol. The molecule has 0 aliphatic rings. The monoisotopic (exact) mass is 270 g/mol. The normalized spacial score (nSPS) is 10.9. The van der Waals surface area contributed by atoms with Gasteiger partial charge in [0.2, 0.25) is 5.91 Å². The van der Waals surface area contributed by atoms with E-state index < -0.39 is 5.82 Å². The summed E-state index contributed by atoms with van der Waals surface area (Å²) in [6, 6.07) is 4.68. The fourth-order valence-electron chi connectivity index (χ4n) is 1.51. The van der Waals surface area contributed by atoms with Crippen LogP contribution in [0.4, 0.5) is 4.39 Å². The van der Waals surface area contributed by atoms with Crippen molar-refractivity contribution >= 4 is 32.7 Å². The predicted octanol–water partition coefficient (Wildman–Crippen LogP) is 2.73. The Bertz CT molecular complexity index is 535. The van der Waals surface area contributed by atoms with Gasteiger partial charge in [0.25, 0.3) is 0 Å². The summed E-state index contributed by atoms with van der Waals surface area (Å²) in [5.41, 5.74) is 0.916. The number of para-hydroxylation sites is 1. The fraction of sp³-hybridized carbons (Fsp3) is 0.200. The molecule has 0 spiro atoms. The molecule has 1 aromatic heterocycles. The van der Waals surface area contributed by atoms with E-state index in [-0.39, 0.29) is 11.4 Å². The molecule has 0 amide bonds. The minimum absolute atomic E-state index is 0.249. The summed E-state index contributed by atoms with van der Waals surface area (Å²) in [5, 5.41) is 5.21. The highest BCUT2D eigenvalue weighted by Gasteiger charge is 2.15. The molecule has 0 saturated carbocycles. The lowest BCUT2D eigenvalue weighted by atomic mass is 10.2. The van der Waals surface area contributed by atoms with Crippen LogP contribution in [0.1, 0.15) is 17.4 Å². The first-order valence-corrected chi connectivity index (χ1v) is 5.50. The molecule has 1 heterocycles. The molecule has 0 N–H and O–H groups in total. The van der Waals surface area contributed by atoms with Gasteiger partial charge in [-0.25, -0.2) is 4.39 Å². The molecule has 5 heteroatoms. The molecule has 3 nitrogen and oxygen atoms in total. The van der Waals surface area contributed by atoms with Crippen LogP contribution >= 0.6 is 15.9 Å². The highest BCUT2D eigenvalue weighted by molar-refractivity contribution is 9.08. The zero-order valence-electron chi connectivity index (χ0n) is 8.00. The van der Waals surface area contributed by atoms with Crippen molar-refractivity contribution in [3.05, 3.63) is 29.7 Å². The average molecular weight is 271 g/mol. The van der Waals surface area contributed by atoms with E-state index in [2.05, 4.69) is 21.0 Å². The third-order valence-electron chi connectivity index (χ3n) is 2.16. The number of alkyl halides is 1. The van der Waals surface area contributed by atoms with Crippen molar-refractivity contribution < 1.29 is 9.18 Å². The lowest BCUT2D eigenvalue weighted by Gasteiger charge is -1.97. The van der Waals surface area contributed by atoms with Crippen LogP contribution in [0.5, 0.6) is 0 Å². The summed E-state index contributed by atoms with van der Waals surface area (Å²) in [5.74, 6) is -0.722. The molecule has 2 rings (SSSR count). The second-order valence-corrected chi connectivity index (χ2v) is 3.71. The van der Waals surface area contributed by atoms with Crippen LogP contribution in [-0.4, -0.2) is 15.7 Å². The number of aromatic nitrogens is 2. The summed E-state index contributed by atoms with van der Waals surface area (Å²) < 4.78 is 14.6. The zero-order chi connectivity index (χ0) is 11.0. The molecule has 0 aliphatic heterocycles. The third kappa shape index (κ3) is 1.56. The number of fused-ring (bicyclic) bond motifs is 1. The van der Waals surface area contributed by atoms with Crippen LogP contribution < -0.4 is 0 Å². The smallest absolute Gasteiger partial charge is 0.244 e. The molecule has 0 aliphatic carbocycles. The molecule has 0 atom stereocenters. The Labute approximate surface area is 94.0 Å². The number of halogens is 2. The standard InChI is InChI=1S/C10H8BrFN2O/c1-6(15)14-10-7(9(5-11)13-14)3-2-4-8(10)12/h2-4H,5H2,1H3. The highest BCUT2D eigenvalue weighted by Crippen LogP contribution is 2.22. The number of hydrogen-bond donors (Lipinski definition) is 0. The van der Waals surface area contributed by atoms with Crippen molar-refractivity contribution in [2.24, 2.45) is 0 Å². The van der Waals surface area contributed by atoms with Crippen molar-refractivity contribution in [1.29, 1.82) is 0 Å². The first-order valence-electron chi connectivity index (χ1n) is 4.38. The van der Waals surface area contributed by atoms with Crippen LogP contribution in [0, 0.1) is 5.82 Å². The Morgan fingerprint density at radius 1 is 1.60 bits per heavy atom.